The maximum absolute atomic E-state index is 14.6. The first-order chi connectivity index (χ1) is 8.44. The van der Waals surface area contributed by atoms with E-state index in [0.717, 1.165) is 0 Å². The Morgan fingerprint density at radius 1 is 1.06 bits per heavy atom. The van der Waals surface area contributed by atoms with Crippen LogP contribution in [-0.2, 0) is 15.1 Å². The van der Waals surface area contributed by atoms with Crippen molar-refractivity contribution < 1.29 is 23.5 Å². The van der Waals surface area contributed by atoms with Gasteiger partial charge in [0.15, 0.2) is 0 Å². The third-order valence-electron chi connectivity index (χ3n) is 2.18. The van der Waals surface area contributed by atoms with Crippen molar-refractivity contribution in [3.8, 4) is 0 Å². The van der Waals surface area contributed by atoms with Crippen LogP contribution in [0.5, 0.6) is 0 Å². The highest BCUT2D eigenvalue weighted by Gasteiger charge is 2.35. The number of amides is 2. The molecular formula is C11H13FN2O4. The third-order valence-corrected chi connectivity index (χ3v) is 2.18. The molecule has 4 N–H and O–H groups in total. The second-order valence-electron chi connectivity index (χ2n) is 3.55. The molecule has 1 rings (SSSR count). The van der Waals surface area contributed by atoms with Crippen molar-refractivity contribution in [2.45, 2.75) is 5.67 Å². The monoisotopic (exact) mass is 256 g/mol. The molecule has 0 aromatic heterocycles. The van der Waals surface area contributed by atoms with Gasteiger partial charge in [-0.1, -0.05) is 30.3 Å². The fraction of sp³-hybridized carbons (Fsp3) is 0.273. The van der Waals surface area contributed by atoms with E-state index in [9.17, 15) is 14.0 Å². The van der Waals surface area contributed by atoms with Crippen molar-refractivity contribution in [3.05, 3.63) is 35.9 Å². The SMILES string of the molecule is NC(=O)OCC(F)(COC(N)=O)c1ccccc1. The number of carbonyl (C=O) groups excluding carboxylic acids is 2. The van der Waals surface area contributed by atoms with Crippen LogP contribution >= 0.6 is 0 Å². The van der Waals surface area contributed by atoms with E-state index in [4.69, 9.17) is 11.5 Å². The number of nitrogens with two attached hydrogens (primary N) is 2. The summed E-state index contributed by atoms with van der Waals surface area (Å²) in [6.45, 7) is -1.33. The lowest BCUT2D eigenvalue weighted by Crippen LogP contribution is -2.36. The highest BCUT2D eigenvalue weighted by atomic mass is 19.1. The van der Waals surface area contributed by atoms with Crippen LogP contribution in [0.1, 0.15) is 5.56 Å². The van der Waals surface area contributed by atoms with Crippen LogP contribution in [0.15, 0.2) is 30.3 Å². The molecular weight excluding hydrogens is 243 g/mol. The highest BCUT2D eigenvalue weighted by Crippen LogP contribution is 2.27. The molecule has 0 unspecified atom stereocenters. The third kappa shape index (κ3) is 3.93. The molecule has 0 saturated carbocycles. The van der Waals surface area contributed by atoms with Crippen molar-refractivity contribution in [2.75, 3.05) is 13.2 Å². The van der Waals surface area contributed by atoms with Crippen molar-refractivity contribution in [3.63, 3.8) is 0 Å². The Bertz CT molecular complexity index is 406. The van der Waals surface area contributed by atoms with Gasteiger partial charge in [0.2, 0.25) is 5.67 Å². The van der Waals surface area contributed by atoms with E-state index in [2.05, 4.69) is 9.47 Å². The summed E-state index contributed by atoms with van der Waals surface area (Å²) in [4.78, 5) is 21.0. The number of benzene rings is 1. The van der Waals surface area contributed by atoms with Crippen LogP contribution < -0.4 is 11.5 Å². The molecule has 0 aliphatic heterocycles. The summed E-state index contributed by atoms with van der Waals surface area (Å²) in [7, 11) is 0. The van der Waals surface area contributed by atoms with Gasteiger partial charge in [0.1, 0.15) is 13.2 Å². The van der Waals surface area contributed by atoms with E-state index in [1.165, 1.54) is 12.1 Å². The van der Waals surface area contributed by atoms with E-state index >= 15 is 0 Å². The molecule has 1 aromatic carbocycles. The Hall–Kier alpha value is -2.31. The zero-order valence-electron chi connectivity index (χ0n) is 9.47. The number of rotatable bonds is 5. The maximum atomic E-state index is 14.6. The summed E-state index contributed by atoms with van der Waals surface area (Å²) in [6.07, 6.45) is -2.24. The Balaban J connectivity index is 2.86. The van der Waals surface area contributed by atoms with Crippen LogP contribution in [0.3, 0.4) is 0 Å². The van der Waals surface area contributed by atoms with Crippen LogP contribution in [0.2, 0.25) is 0 Å². The minimum absolute atomic E-state index is 0.188. The lowest BCUT2D eigenvalue weighted by atomic mass is 9.97. The summed E-state index contributed by atoms with van der Waals surface area (Å²) in [5, 5.41) is 0. The van der Waals surface area contributed by atoms with Gasteiger partial charge in [-0.15, -0.1) is 0 Å². The average Bonchev–Trinajstić information content (AvgIpc) is 2.35. The van der Waals surface area contributed by atoms with Gasteiger partial charge in [-0.05, 0) is 5.56 Å². The Morgan fingerprint density at radius 2 is 1.50 bits per heavy atom. The largest absolute Gasteiger partial charge is 0.446 e. The molecule has 0 fully saturated rings. The van der Waals surface area contributed by atoms with Gasteiger partial charge >= 0.3 is 12.2 Å². The van der Waals surface area contributed by atoms with E-state index in [0.29, 0.717) is 0 Å². The van der Waals surface area contributed by atoms with Gasteiger partial charge in [-0.3, -0.25) is 0 Å². The van der Waals surface area contributed by atoms with Crippen molar-refractivity contribution in [2.24, 2.45) is 11.5 Å². The van der Waals surface area contributed by atoms with Crippen LogP contribution in [-0.4, -0.2) is 25.4 Å². The van der Waals surface area contributed by atoms with Crippen LogP contribution in [0, 0.1) is 0 Å². The van der Waals surface area contributed by atoms with Gasteiger partial charge in [0, 0.05) is 0 Å². The average molecular weight is 256 g/mol. The minimum atomic E-state index is -2.19. The second kappa shape index (κ2) is 5.85. The predicted octanol–water partition coefficient (Wildman–Crippen LogP) is 1.04. The Labute approximate surface area is 103 Å². The lowest BCUT2D eigenvalue weighted by molar-refractivity contribution is -0.00109. The van der Waals surface area contributed by atoms with E-state index < -0.39 is 31.1 Å². The number of alkyl halides is 1. The van der Waals surface area contributed by atoms with Gasteiger partial charge in [0.05, 0.1) is 0 Å². The molecule has 0 heterocycles. The molecule has 0 atom stereocenters. The molecule has 2 amide bonds. The van der Waals surface area contributed by atoms with E-state index in [-0.39, 0.29) is 5.56 Å². The molecule has 1 aromatic rings. The molecule has 7 heteroatoms. The summed E-state index contributed by atoms with van der Waals surface area (Å²) >= 11 is 0. The highest BCUT2D eigenvalue weighted by molar-refractivity contribution is 5.65. The molecule has 0 aliphatic carbocycles. The first-order valence-electron chi connectivity index (χ1n) is 5.03. The quantitative estimate of drug-likeness (QED) is 0.821. The summed E-state index contributed by atoms with van der Waals surface area (Å²) in [6, 6.07) is 7.81. The number of ether oxygens (including phenoxy) is 2. The standard InChI is InChI=1S/C11H13FN2O4/c12-11(6-17-9(13)15,7-18-10(14)16)8-4-2-1-3-5-8/h1-5H,6-7H2,(H2,13,15)(H2,14,16). The fourth-order valence-electron chi connectivity index (χ4n) is 1.32. The Morgan fingerprint density at radius 3 is 1.89 bits per heavy atom. The van der Waals surface area contributed by atoms with Gasteiger partial charge in [-0.2, -0.15) is 0 Å². The topological polar surface area (TPSA) is 105 Å². The molecule has 6 nitrogen and oxygen atoms in total. The predicted molar refractivity (Wildman–Crippen MR) is 60.3 cm³/mol. The molecule has 18 heavy (non-hydrogen) atoms. The van der Waals surface area contributed by atoms with Gasteiger partial charge in [-0.25, -0.2) is 14.0 Å². The van der Waals surface area contributed by atoms with Gasteiger partial charge < -0.3 is 20.9 Å². The smallest absolute Gasteiger partial charge is 0.404 e. The van der Waals surface area contributed by atoms with Crippen molar-refractivity contribution in [1.29, 1.82) is 0 Å². The normalized spacial score (nSPS) is 10.7. The number of hydrogen-bond acceptors (Lipinski definition) is 4. The fourth-order valence-corrected chi connectivity index (χ4v) is 1.32. The number of primary amides is 2. The van der Waals surface area contributed by atoms with Crippen molar-refractivity contribution >= 4 is 12.2 Å². The maximum Gasteiger partial charge on any atom is 0.404 e. The van der Waals surface area contributed by atoms with E-state index in [1.54, 1.807) is 18.2 Å². The zero-order chi connectivity index (χ0) is 13.6. The summed E-state index contributed by atoms with van der Waals surface area (Å²) in [5.74, 6) is 0. The second-order valence-corrected chi connectivity index (χ2v) is 3.55. The lowest BCUT2D eigenvalue weighted by Gasteiger charge is -2.24. The molecule has 0 spiro atoms. The van der Waals surface area contributed by atoms with Crippen LogP contribution in [0.25, 0.3) is 0 Å². The molecule has 0 bridgehead atoms. The zero-order valence-corrected chi connectivity index (χ0v) is 9.47. The minimum Gasteiger partial charge on any atom is -0.446 e. The Kier molecular flexibility index (Phi) is 4.47. The molecule has 0 saturated heterocycles. The molecule has 0 aliphatic rings. The molecule has 0 radical (unpaired) electrons. The first-order valence-corrected chi connectivity index (χ1v) is 5.03. The van der Waals surface area contributed by atoms with Crippen LogP contribution in [0.4, 0.5) is 14.0 Å². The van der Waals surface area contributed by atoms with Gasteiger partial charge in [0.25, 0.3) is 0 Å². The number of carbonyl (C=O) groups is 2. The number of hydrogen-bond donors (Lipinski definition) is 2. The van der Waals surface area contributed by atoms with E-state index in [1.807, 2.05) is 0 Å². The van der Waals surface area contributed by atoms with Crippen molar-refractivity contribution in [1.82, 2.24) is 0 Å². The number of halogens is 1. The summed E-state index contributed by atoms with van der Waals surface area (Å²) < 4.78 is 23.4. The summed E-state index contributed by atoms with van der Waals surface area (Å²) in [5.41, 5.74) is 7.55. The first kappa shape index (κ1) is 13.8. The molecule has 98 valence electrons.